The summed E-state index contributed by atoms with van der Waals surface area (Å²) in [5.74, 6) is 0.683. The lowest BCUT2D eigenvalue weighted by molar-refractivity contribution is -0.123. The summed E-state index contributed by atoms with van der Waals surface area (Å²) < 4.78 is 10.4. The fourth-order valence-corrected chi connectivity index (χ4v) is 1.98. The third-order valence-electron chi connectivity index (χ3n) is 3.21. The van der Waals surface area contributed by atoms with Crippen molar-refractivity contribution in [1.29, 1.82) is 0 Å². The molecule has 0 heterocycles. The van der Waals surface area contributed by atoms with Gasteiger partial charge in [0.15, 0.2) is 0 Å². The van der Waals surface area contributed by atoms with Crippen molar-refractivity contribution in [3.8, 4) is 11.5 Å². The Morgan fingerprint density at radius 1 is 1.23 bits per heavy atom. The minimum absolute atomic E-state index is 0.0399. The van der Waals surface area contributed by atoms with Gasteiger partial charge in [0.25, 0.3) is 0 Å². The molecule has 6 nitrogen and oxygen atoms in total. The molecule has 0 radical (unpaired) electrons. The van der Waals surface area contributed by atoms with E-state index in [9.17, 15) is 9.59 Å². The van der Waals surface area contributed by atoms with Gasteiger partial charge in [-0.1, -0.05) is 13.3 Å². The molecule has 0 aliphatic carbocycles. The lowest BCUT2D eigenvalue weighted by Gasteiger charge is -2.23. The number of anilines is 1. The van der Waals surface area contributed by atoms with Gasteiger partial charge in [0.2, 0.25) is 11.8 Å². The van der Waals surface area contributed by atoms with Gasteiger partial charge in [-0.25, -0.2) is 0 Å². The highest BCUT2D eigenvalue weighted by atomic mass is 16.5. The topological polar surface area (TPSA) is 67.9 Å². The van der Waals surface area contributed by atoms with E-state index in [2.05, 4.69) is 12.2 Å². The average Bonchev–Trinajstić information content (AvgIpc) is 2.52. The maximum Gasteiger partial charge on any atom is 0.240 e. The molecule has 0 saturated heterocycles. The van der Waals surface area contributed by atoms with Crippen LogP contribution in [0.3, 0.4) is 0 Å². The number of carbonyl (C=O) groups excluding carboxylic acids is 2. The largest absolute Gasteiger partial charge is 0.497 e. The summed E-state index contributed by atoms with van der Waals surface area (Å²) in [6.45, 7) is 4.04. The van der Waals surface area contributed by atoms with Crippen molar-refractivity contribution in [2.75, 3.05) is 32.2 Å². The van der Waals surface area contributed by atoms with Crippen molar-refractivity contribution in [2.45, 2.75) is 26.7 Å². The number of rotatable bonds is 8. The van der Waals surface area contributed by atoms with E-state index in [4.69, 9.17) is 9.47 Å². The average molecular weight is 308 g/mol. The summed E-state index contributed by atoms with van der Waals surface area (Å²) in [5, 5.41) is 2.80. The van der Waals surface area contributed by atoms with Crippen LogP contribution in [0, 0.1) is 0 Å². The molecule has 1 N–H and O–H groups in total. The molecule has 0 aliphatic heterocycles. The zero-order valence-electron chi connectivity index (χ0n) is 13.6. The second kappa shape index (κ2) is 8.92. The van der Waals surface area contributed by atoms with Gasteiger partial charge >= 0.3 is 0 Å². The van der Waals surface area contributed by atoms with Crippen LogP contribution in [0.15, 0.2) is 18.2 Å². The lowest BCUT2D eigenvalue weighted by atomic mass is 10.2. The van der Waals surface area contributed by atoms with Crippen LogP contribution < -0.4 is 19.7 Å². The number of unbranched alkanes of at least 4 members (excludes halogenated alkanes) is 1. The van der Waals surface area contributed by atoms with Gasteiger partial charge in [-0.05, 0) is 18.6 Å². The molecule has 22 heavy (non-hydrogen) atoms. The van der Waals surface area contributed by atoms with E-state index < -0.39 is 0 Å². The van der Waals surface area contributed by atoms with Crippen molar-refractivity contribution in [3.05, 3.63) is 18.2 Å². The number of methoxy groups -OCH3 is 2. The highest BCUT2D eigenvalue weighted by Gasteiger charge is 2.19. The molecule has 122 valence electrons. The Morgan fingerprint density at radius 2 is 1.95 bits per heavy atom. The molecule has 0 unspecified atom stereocenters. The summed E-state index contributed by atoms with van der Waals surface area (Å²) in [5.41, 5.74) is 0.543. The van der Waals surface area contributed by atoms with Crippen LogP contribution in [0.1, 0.15) is 26.7 Å². The normalized spacial score (nSPS) is 10.0. The number of carbonyl (C=O) groups is 2. The first kappa shape index (κ1) is 17.8. The second-order valence-corrected chi connectivity index (χ2v) is 4.85. The molecule has 0 bridgehead atoms. The van der Waals surface area contributed by atoms with E-state index in [1.165, 1.54) is 18.9 Å². The van der Waals surface area contributed by atoms with E-state index in [0.717, 1.165) is 12.8 Å². The molecule has 0 saturated carbocycles. The number of nitrogens with zero attached hydrogens (tertiary/aromatic N) is 1. The molecule has 0 spiro atoms. The van der Waals surface area contributed by atoms with Crippen LogP contribution in [-0.2, 0) is 9.59 Å². The summed E-state index contributed by atoms with van der Waals surface area (Å²) in [4.78, 5) is 25.2. The molecule has 2 amide bonds. The van der Waals surface area contributed by atoms with Gasteiger partial charge < -0.3 is 14.8 Å². The number of nitrogens with one attached hydrogen (secondary N) is 1. The molecule has 6 heteroatoms. The van der Waals surface area contributed by atoms with Gasteiger partial charge in [0, 0.05) is 19.5 Å². The third kappa shape index (κ3) is 4.95. The first-order chi connectivity index (χ1) is 10.5. The lowest BCUT2D eigenvalue weighted by Crippen LogP contribution is -2.40. The quantitative estimate of drug-likeness (QED) is 0.746. The molecule has 1 rings (SSSR count). The van der Waals surface area contributed by atoms with Gasteiger partial charge in [-0.15, -0.1) is 0 Å². The molecular formula is C16H24N2O4. The number of benzene rings is 1. The highest BCUT2D eigenvalue weighted by Crippen LogP contribution is 2.32. The molecule has 0 atom stereocenters. The van der Waals surface area contributed by atoms with E-state index in [0.29, 0.717) is 23.7 Å². The summed E-state index contributed by atoms with van der Waals surface area (Å²) in [6, 6.07) is 5.11. The number of hydrogen-bond donors (Lipinski definition) is 1. The minimum Gasteiger partial charge on any atom is -0.497 e. The summed E-state index contributed by atoms with van der Waals surface area (Å²) in [7, 11) is 3.07. The van der Waals surface area contributed by atoms with Crippen LogP contribution in [0.25, 0.3) is 0 Å². The van der Waals surface area contributed by atoms with Gasteiger partial charge in [-0.3, -0.25) is 14.5 Å². The maximum absolute atomic E-state index is 12.0. The Kier molecular flexibility index (Phi) is 7.22. The Bertz CT molecular complexity index is 517. The van der Waals surface area contributed by atoms with Gasteiger partial charge in [-0.2, -0.15) is 0 Å². The maximum atomic E-state index is 12.0. The van der Waals surface area contributed by atoms with Gasteiger partial charge in [0.1, 0.15) is 18.0 Å². The Balaban J connectivity index is 2.91. The highest BCUT2D eigenvalue weighted by molar-refractivity contribution is 5.98. The predicted octanol–water partition coefficient (Wildman–Crippen LogP) is 1.97. The minimum atomic E-state index is -0.228. The monoisotopic (exact) mass is 308 g/mol. The van der Waals surface area contributed by atoms with Gasteiger partial charge in [0.05, 0.1) is 19.9 Å². The summed E-state index contributed by atoms with van der Waals surface area (Å²) in [6.07, 6.45) is 1.92. The van der Waals surface area contributed by atoms with Crippen LogP contribution in [-0.4, -0.2) is 39.1 Å². The Hall–Kier alpha value is -2.24. The second-order valence-electron chi connectivity index (χ2n) is 4.85. The molecule has 0 fully saturated rings. The molecule has 1 aromatic carbocycles. The van der Waals surface area contributed by atoms with Crippen molar-refractivity contribution in [2.24, 2.45) is 0 Å². The Morgan fingerprint density at radius 3 is 2.50 bits per heavy atom. The van der Waals surface area contributed by atoms with Crippen LogP contribution in [0.5, 0.6) is 11.5 Å². The fourth-order valence-electron chi connectivity index (χ4n) is 1.98. The first-order valence-electron chi connectivity index (χ1n) is 7.30. The van der Waals surface area contributed by atoms with Crippen molar-refractivity contribution in [3.63, 3.8) is 0 Å². The smallest absolute Gasteiger partial charge is 0.240 e. The third-order valence-corrected chi connectivity index (χ3v) is 3.21. The van der Waals surface area contributed by atoms with E-state index >= 15 is 0 Å². The van der Waals surface area contributed by atoms with E-state index in [1.807, 2.05) is 0 Å². The van der Waals surface area contributed by atoms with Crippen LogP contribution in [0.2, 0.25) is 0 Å². The molecule has 0 aromatic heterocycles. The predicted molar refractivity (Wildman–Crippen MR) is 85.5 cm³/mol. The summed E-state index contributed by atoms with van der Waals surface area (Å²) >= 11 is 0. The molecule has 0 aliphatic rings. The zero-order valence-corrected chi connectivity index (χ0v) is 13.6. The number of hydrogen-bond acceptors (Lipinski definition) is 4. The van der Waals surface area contributed by atoms with E-state index in [-0.39, 0.29) is 18.4 Å². The van der Waals surface area contributed by atoms with Crippen molar-refractivity contribution in [1.82, 2.24) is 5.32 Å². The van der Waals surface area contributed by atoms with E-state index in [1.54, 1.807) is 25.3 Å². The van der Waals surface area contributed by atoms with Crippen LogP contribution in [0.4, 0.5) is 5.69 Å². The standard InChI is InChI=1S/C16H24N2O4/c1-5-6-9-17-16(20)11-18(12(2)19)14-8-7-13(21-3)10-15(14)22-4/h7-8,10H,5-6,9,11H2,1-4H3,(H,17,20). The fraction of sp³-hybridized carbons (Fsp3) is 0.500. The zero-order chi connectivity index (χ0) is 16.5. The molecular weight excluding hydrogens is 284 g/mol. The van der Waals surface area contributed by atoms with Crippen molar-refractivity contribution < 1.29 is 19.1 Å². The molecule has 1 aromatic rings. The van der Waals surface area contributed by atoms with Crippen LogP contribution >= 0.6 is 0 Å². The first-order valence-corrected chi connectivity index (χ1v) is 7.30. The number of amides is 2. The SMILES string of the molecule is CCCCNC(=O)CN(C(C)=O)c1ccc(OC)cc1OC. The Labute approximate surface area is 131 Å². The number of ether oxygens (including phenoxy) is 2. The van der Waals surface area contributed by atoms with Crippen molar-refractivity contribution >= 4 is 17.5 Å².